The lowest BCUT2D eigenvalue weighted by Crippen LogP contribution is -2.61. The molecule has 53 heavy (non-hydrogen) atoms. The monoisotopic (exact) mass is 777 g/mol. The van der Waals surface area contributed by atoms with E-state index in [0.29, 0.717) is 12.8 Å². The van der Waals surface area contributed by atoms with Crippen molar-refractivity contribution in [1.82, 2.24) is 31.9 Å². The van der Waals surface area contributed by atoms with E-state index in [9.17, 15) is 53.4 Å². The number of nitrogens with one attached hydrogen (secondary N) is 6. The Labute approximate surface area is 312 Å². The molecular weight excluding hydrogens is 722 g/mol. The zero-order chi connectivity index (χ0) is 41.0. The van der Waals surface area contributed by atoms with Gasteiger partial charge >= 0.3 is 11.9 Å². The smallest absolute Gasteiger partial charge is 0.326 e. The summed E-state index contributed by atoms with van der Waals surface area (Å²) in [5.41, 5.74) is 16.3. The number of aliphatic hydroxyl groups excluding tert-OH is 1. The van der Waals surface area contributed by atoms with Crippen LogP contribution >= 0.6 is 12.6 Å². The first-order valence-corrected chi connectivity index (χ1v) is 17.6. The zero-order valence-electron chi connectivity index (χ0n) is 30.3. The summed E-state index contributed by atoms with van der Waals surface area (Å²) in [6.45, 7) is 5.55. The fraction of sp³-hybridized carbons (Fsp3) is 0.710. The van der Waals surface area contributed by atoms with Gasteiger partial charge < -0.3 is 64.4 Å². The van der Waals surface area contributed by atoms with Crippen molar-refractivity contribution >= 4 is 65.9 Å². The average Bonchev–Trinajstić information content (AvgIpc) is 3.07. The molecule has 0 spiro atoms. The number of hydrogen-bond donors (Lipinski definition) is 13. The number of carboxylic acid groups (broad SMARTS) is 2. The van der Waals surface area contributed by atoms with Gasteiger partial charge in [-0.15, -0.1) is 0 Å². The number of carbonyl (C=O) groups excluding carboxylic acids is 7. The third-order valence-electron chi connectivity index (χ3n) is 7.73. The summed E-state index contributed by atoms with van der Waals surface area (Å²) >= 11 is 4.04. The number of nitrogens with two attached hydrogens (primary N) is 3. The SMILES string of the molecule is CC(C)[C@H](NC(=O)[C@H](CS)NC(=O)[C@H](CO)NC(=O)[C@@H](NC(=O)[C@H](CCCCN)NC(=O)[C@H](CCC(=O)O)NC(=O)[C@@H](N)CC(N)=O)C(C)C)C(=O)O. The largest absolute Gasteiger partial charge is 0.481 e. The van der Waals surface area contributed by atoms with Crippen LogP contribution in [-0.2, 0) is 43.2 Å². The van der Waals surface area contributed by atoms with Crippen LogP contribution in [-0.4, -0.2) is 130 Å². The van der Waals surface area contributed by atoms with E-state index in [0.717, 1.165) is 0 Å². The summed E-state index contributed by atoms with van der Waals surface area (Å²) in [7, 11) is 0. The molecule has 0 rings (SSSR count). The Bertz CT molecular complexity index is 1300. The third kappa shape index (κ3) is 18.2. The van der Waals surface area contributed by atoms with Crippen molar-refractivity contribution in [2.75, 3.05) is 18.9 Å². The Kier molecular flexibility index (Phi) is 22.5. The lowest BCUT2D eigenvalue weighted by Gasteiger charge is -2.28. The number of rotatable bonds is 26. The molecule has 21 nitrogen and oxygen atoms in total. The van der Waals surface area contributed by atoms with Gasteiger partial charge in [0, 0.05) is 12.2 Å². The van der Waals surface area contributed by atoms with Gasteiger partial charge in [-0.1, -0.05) is 27.7 Å². The Morgan fingerprint density at radius 2 is 1.08 bits per heavy atom. The molecule has 0 bridgehead atoms. The third-order valence-corrected chi connectivity index (χ3v) is 8.09. The molecule has 0 aliphatic rings. The Morgan fingerprint density at radius 1 is 0.623 bits per heavy atom. The molecule has 302 valence electrons. The van der Waals surface area contributed by atoms with Crippen molar-refractivity contribution in [1.29, 1.82) is 0 Å². The summed E-state index contributed by atoms with van der Waals surface area (Å²) in [5, 5.41) is 42.6. The van der Waals surface area contributed by atoms with E-state index < -0.39 is 133 Å². The molecule has 0 saturated heterocycles. The number of hydrogen-bond acceptors (Lipinski definition) is 13. The summed E-state index contributed by atoms with van der Waals surface area (Å²) in [5.74, 6) is -10.5. The number of thiol groups is 1. The minimum atomic E-state index is -1.63. The zero-order valence-corrected chi connectivity index (χ0v) is 31.1. The fourth-order valence-electron chi connectivity index (χ4n) is 4.64. The summed E-state index contributed by atoms with van der Waals surface area (Å²) in [6, 6.07) is -9.87. The van der Waals surface area contributed by atoms with Crippen LogP contribution in [0.2, 0.25) is 0 Å². The van der Waals surface area contributed by atoms with E-state index in [-0.39, 0.29) is 18.7 Å². The molecule has 0 aromatic rings. The van der Waals surface area contributed by atoms with Gasteiger partial charge in [0.15, 0.2) is 0 Å². The van der Waals surface area contributed by atoms with Gasteiger partial charge in [-0.2, -0.15) is 12.6 Å². The molecule has 0 fully saturated rings. The Balaban J connectivity index is 6.01. The molecule has 15 N–H and O–H groups in total. The quantitative estimate of drug-likeness (QED) is 0.0291. The van der Waals surface area contributed by atoms with Crippen LogP contribution in [0.5, 0.6) is 0 Å². The van der Waals surface area contributed by atoms with Crippen molar-refractivity contribution in [2.24, 2.45) is 29.0 Å². The van der Waals surface area contributed by atoms with Crippen LogP contribution in [0, 0.1) is 11.8 Å². The molecule has 7 atom stereocenters. The summed E-state index contributed by atoms with van der Waals surface area (Å²) < 4.78 is 0. The average molecular weight is 778 g/mol. The number of primary amides is 1. The standard InChI is InChI=1S/C31H55N9O12S/c1-14(2)23(30(50)37-19(12-41)28(48)38-20(13-53)29(49)40-24(15(3)4)31(51)52)39-27(47)17(7-5-6-10-32)36-26(46)18(8-9-22(43)44)35-25(45)16(33)11-21(34)42/h14-20,23-24,41,53H,5-13,32-33H2,1-4H3,(H2,34,42)(H,35,45)(H,36,46)(H,37,50)(H,38,48)(H,39,47)(H,40,49)(H,43,44)(H,51,52)/t16-,17-,18-,19-,20-,23-,24-/m0/s1. The van der Waals surface area contributed by atoms with Crippen LogP contribution in [0.4, 0.5) is 0 Å². The topological polar surface area (TPSA) is 365 Å². The van der Waals surface area contributed by atoms with Gasteiger partial charge in [0.05, 0.1) is 19.1 Å². The number of unbranched alkanes of at least 4 members (excludes halogenated alkanes) is 1. The molecule has 0 aromatic heterocycles. The van der Waals surface area contributed by atoms with Gasteiger partial charge in [0.2, 0.25) is 41.4 Å². The van der Waals surface area contributed by atoms with Gasteiger partial charge in [-0.3, -0.25) is 38.4 Å². The number of carbonyl (C=O) groups is 9. The molecular formula is C31H55N9O12S. The highest BCUT2D eigenvalue weighted by atomic mass is 32.1. The number of carboxylic acids is 2. The maximum Gasteiger partial charge on any atom is 0.326 e. The van der Waals surface area contributed by atoms with E-state index in [1.807, 2.05) is 0 Å². The maximum atomic E-state index is 13.6. The first-order valence-electron chi connectivity index (χ1n) is 16.9. The molecule has 0 unspecified atom stereocenters. The predicted molar refractivity (Wildman–Crippen MR) is 191 cm³/mol. The second kappa shape index (κ2) is 24.7. The molecule has 22 heteroatoms. The van der Waals surface area contributed by atoms with Gasteiger partial charge in [0.1, 0.15) is 36.3 Å². The molecule has 0 saturated carbocycles. The van der Waals surface area contributed by atoms with Crippen LogP contribution in [0.25, 0.3) is 0 Å². The maximum absolute atomic E-state index is 13.6. The summed E-state index contributed by atoms with van der Waals surface area (Å²) in [4.78, 5) is 112. The minimum absolute atomic E-state index is 0.00358. The van der Waals surface area contributed by atoms with Crippen LogP contribution in [0.3, 0.4) is 0 Å². The van der Waals surface area contributed by atoms with E-state index in [2.05, 4.69) is 44.5 Å². The van der Waals surface area contributed by atoms with Crippen molar-refractivity contribution in [3.05, 3.63) is 0 Å². The Hall–Kier alpha value is -4.54. The van der Waals surface area contributed by atoms with Crippen molar-refractivity contribution < 1.29 is 58.5 Å². The van der Waals surface area contributed by atoms with Gasteiger partial charge in [-0.25, -0.2) is 4.79 Å². The fourth-order valence-corrected chi connectivity index (χ4v) is 4.89. The second-order valence-corrected chi connectivity index (χ2v) is 13.3. The molecule has 0 aliphatic heterocycles. The summed E-state index contributed by atoms with van der Waals surface area (Å²) in [6.07, 6.45) is -0.791. The van der Waals surface area contributed by atoms with Crippen molar-refractivity contribution in [2.45, 2.75) is 109 Å². The lowest BCUT2D eigenvalue weighted by atomic mass is 10.0. The van der Waals surface area contributed by atoms with Crippen molar-refractivity contribution in [3.8, 4) is 0 Å². The Morgan fingerprint density at radius 3 is 1.55 bits per heavy atom. The molecule has 0 radical (unpaired) electrons. The van der Waals surface area contributed by atoms with E-state index in [1.165, 1.54) is 0 Å². The predicted octanol–water partition coefficient (Wildman–Crippen LogP) is -4.59. The number of aliphatic hydroxyl groups is 1. The lowest BCUT2D eigenvalue weighted by molar-refractivity contribution is -0.143. The highest BCUT2D eigenvalue weighted by molar-refractivity contribution is 7.80. The van der Waals surface area contributed by atoms with E-state index >= 15 is 0 Å². The van der Waals surface area contributed by atoms with Crippen LogP contribution in [0.1, 0.15) is 66.2 Å². The van der Waals surface area contributed by atoms with Crippen LogP contribution in [0.15, 0.2) is 0 Å². The molecule has 0 aliphatic carbocycles. The van der Waals surface area contributed by atoms with E-state index in [1.54, 1.807) is 27.7 Å². The number of amides is 7. The highest BCUT2D eigenvalue weighted by Gasteiger charge is 2.34. The normalized spacial score (nSPS) is 15.1. The van der Waals surface area contributed by atoms with Crippen LogP contribution < -0.4 is 49.1 Å². The molecule has 0 heterocycles. The van der Waals surface area contributed by atoms with Gasteiger partial charge in [-0.05, 0) is 44.1 Å². The first kappa shape index (κ1) is 48.5. The molecule has 0 aromatic carbocycles. The highest BCUT2D eigenvalue weighted by Crippen LogP contribution is 2.09. The second-order valence-electron chi connectivity index (χ2n) is 12.9. The van der Waals surface area contributed by atoms with Gasteiger partial charge in [0.25, 0.3) is 0 Å². The van der Waals surface area contributed by atoms with E-state index in [4.69, 9.17) is 22.3 Å². The van der Waals surface area contributed by atoms with Crippen molar-refractivity contribution in [3.63, 3.8) is 0 Å². The minimum Gasteiger partial charge on any atom is -0.481 e. The first-order chi connectivity index (χ1) is 24.7. The molecule has 7 amide bonds. The number of aliphatic carboxylic acids is 2.